The van der Waals surface area contributed by atoms with E-state index in [1.807, 2.05) is 0 Å². The highest BCUT2D eigenvalue weighted by molar-refractivity contribution is 9.10. The maximum atomic E-state index is 12.1. The van der Waals surface area contributed by atoms with Crippen molar-refractivity contribution in [2.45, 2.75) is 17.9 Å². The molecule has 0 bridgehead atoms. The smallest absolute Gasteiger partial charge is 0.263 e. The molecule has 0 saturated carbocycles. The molecule has 0 spiro atoms. The van der Waals surface area contributed by atoms with Crippen molar-refractivity contribution in [1.29, 1.82) is 0 Å². The quantitative estimate of drug-likeness (QED) is 0.873. The van der Waals surface area contributed by atoms with Crippen molar-refractivity contribution in [2.75, 3.05) is 4.72 Å². The second kappa shape index (κ2) is 5.86. The van der Waals surface area contributed by atoms with E-state index in [4.69, 9.17) is 0 Å². The minimum absolute atomic E-state index is 0.0895. The lowest BCUT2D eigenvalue weighted by molar-refractivity contribution is 0.199. The molecule has 2 N–H and O–H groups in total. The van der Waals surface area contributed by atoms with Crippen molar-refractivity contribution in [1.82, 2.24) is 9.97 Å². The third-order valence-corrected chi connectivity index (χ3v) is 4.31. The summed E-state index contributed by atoms with van der Waals surface area (Å²) >= 11 is 3.12. The second-order valence-corrected chi connectivity index (χ2v) is 6.57. The number of halogens is 1. The number of hydrogen-bond donors (Lipinski definition) is 2. The molecule has 0 radical (unpaired) electrons. The number of anilines is 1. The first kappa shape index (κ1) is 14.9. The zero-order valence-corrected chi connectivity index (χ0v) is 12.9. The molecule has 6 nitrogen and oxygen atoms in total. The Morgan fingerprint density at radius 3 is 2.35 bits per heavy atom. The van der Waals surface area contributed by atoms with Crippen LogP contribution in [0.25, 0.3) is 0 Å². The number of hydrogen-bond acceptors (Lipinski definition) is 5. The highest BCUT2D eigenvalue weighted by atomic mass is 79.9. The Morgan fingerprint density at radius 1 is 1.20 bits per heavy atom. The third kappa shape index (κ3) is 3.53. The number of aromatic nitrogens is 2. The maximum absolute atomic E-state index is 12.1. The summed E-state index contributed by atoms with van der Waals surface area (Å²) in [6.45, 7) is 1.61. The van der Waals surface area contributed by atoms with Crippen molar-refractivity contribution >= 4 is 31.8 Å². The van der Waals surface area contributed by atoms with E-state index in [0.29, 0.717) is 10.2 Å². The molecule has 2 aromatic rings. The molecule has 1 atom stereocenters. The number of nitrogens with one attached hydrogen (secondary N) is 1. The van der Waals surface area contributed by atoms with E-state index in [2.05, 4.69) is 30.6 Å². The van der Waals surface area contributed by atoms with Gasteiger partial charge in [-0.15, -0.1) is 0 Å². The largest absolute Gasteiger partial charge is 0.389 e. The molecule has 0 fully saturated rings. The summed E-state index contributed by atoms with van der Waals surface area (Å²) in [5, 5.41) is 9.39. The summed E-state index contributed by atoms with van der Waals surface area (Å²) in [6, 6.07) is 5.98. The highest BCUT2D eigenvalue weighted by Gasteiger charge is 2.15. The molecular weight excluding hydrogens is 346 g/mol. The summed E-state index contributed by atoms with van der Waals surface area (Å²) < 4.78 is 27.1. The predicted molar refractivity (Wildman–Crippen MR) is 77.6 cm³/mol. The summed E-state index contributed by atoms with van der Waals surface area (Å²) in [7, 11) is -3.72. The summed E-state index contributed by atoms with van der Waals surface area (Å²) in [5.74, 6) is 0.132. The molecule has 20 heavy (non-hydrogen) atoms. The number of benzene rings is 1. The topological polar surface area (TPSA) is 92.2 Å². The van der Waals surface area contributed by atoms with Gasteiger partial charge in [-0.2, -0.15) is 0 Å². The van der Waals surface area contributed by atoms with Gasteiger partial charge in [0.15, 0.2) is 5.82 Å². The van der Waals surface area contributed by atoms with Gasteiger partial charge in [-0.3, -0.25) is 4.72 Å². The van der Waals surface area contributed by atoms with Crippen LogP contribution < -0.4 is 4.72 Å². The van der Waals surface area contributed by atoms with Gasteiger partial charge in [0.25, 0.3) is 10.0 Å². The molecule has 8 heteroatoms. The van der Waals surface area contributed by atoms with Crippen molar-refractivity contribution in [2.24, 2.45) is 0 Å². The van der Waals surface area contributed by atoms with Crippen LogP contribution in [0, 0.1) is 0 Å². The lowest BCUT2D eigenvalue weighted by Gasteiger charge is -2.09. The Hall–Kier alpha value is -1.51. The minimum atomic E-state index is -3.72. The molecule has 106 valence electrons. The molecule has 0 saturated heterocycles. The Balaban J connectivity index is 2.23. The van der Waals surface area contributed by atoms with Crippen molar-refractivity contribution in [3.05, 3.63) is 46.8 Å². The molecule has 0 aliphatic rings. The van der Waals surface area contributed by atoms with Gasteiger partial charge in [0.2, 0.25) is 0 Å². The van der Waals surface area contributed by atoms with Crippen molar-refractivity contribution < 1.29 is 13.5 Å². The molecule has 1 heterocycles. The predicted octanol–water partition coefficient (Wildman–Crippen LogP) is 2.09. The first-order chi connectivity index (χ1) is 9.38. The van der Waals surface area contributed by atoms with Crippen LogP contribution in [0.1, 0.15) is 18.6 Å². The van der Waals surface area contributed by atoms with E-state index in [1.165, 1.54) is 24.5 Å². The molecule has 1 aromatic carbocycles. The molecule has 0 amide bonds. The zero-order valence-electron chi connectivity index (χ0n) is 10.5. The summed E-state index contributed by atoms with van der Waals surface area (Å²) in [5.41, 5.74) is 0.646. The molecule has 0 aliphatic carbocycles. The van der Waals surface area contributed by atoms with Gasteiger partial charge < -0.3 is 5.11 Å². The van der Waals surface area contributed by atoms with Crippen LogP contribution in [0.3, 0.4) is 0 Å². The molecular formula is C12H12BrN3O3S. The maximum Gasteiger partial charge on any atom is 0.263 e. The van der Waals surface area contributed by atoms with Crippen LogP contribution in [0.15, 0.2) is 46.2 Å². The average Bonchev–Trinajstić information content (AvgIpc) is 2.41. The van der Waals surface area contributed by atoms with Gasteiger partial charge in [0, 0.05) is 0 Å². The zero-order chi connectivity index (χ0) is 14.8. The van der Waals surface area contributed by atoms with Crippen LogP contribution in [-0.4, -0.2) is 23.5 Å². The first-order valence-electron chi connectivity index (χ1n) is 5.67. The van der Waals surface area contributed by atoms with Gasteiger partial charge >= 0.3 is 0 Å². The fourth-order valence-corrected chi connectivity index (χ4v) is 2.68. The van der Waals surface area contributed by atoms with Crippen molar-refractivity contribution in [3.63, 3.8) is 0 Å². The average molecular weight is 358 g/mol. The molecule has 1 aromatic heterocycles. The van der Waals surface area contributed by atoms with Gasteiger partial charge in [-0.1, -0.05) is 12.1 Å². The Bertz CT molecular complexity index is 685. The van der Waals surface area contributed by atoms with Gasteiger partial charge in [-0.25, -0.2) is 18.4 Å². The highest BCUT2D eigenvalue weighted by Crippen LogP contribution is 2.18. The molecule has 1 unspecified atom stereocenters. The van der Waals surface area contributed by atoms with E-state index in [-0.39, 0.29) is 10.7 Å². The number of nitrogens with zero attached hydrogens (tertiary/aromatic N) is 2. The van der Waals surface area contributed by atoms with Gasteiger partial charge in [-0.05, 0) is 40.5 Å². The second-order valence-electron chi connectivity index (χ2n) is 4.07. The van der Waals surface area contributed by atoms with Gasteiger partial charge in [0.1, 0.15) is 4.60 Å². The Kier molecular flexibility index (Phi) is 4.36. The standard InChI is InChI=1S/C12H12BrN3O3S/c1-8(17)9-2-4-10(5-3-9)20(18,19)16-12-7-14-11(13)6-15-12/h2-8,17H,1H3,(H,15,16). The van der Waals surface area contributed by atoms with Crippen LogP contribution in [0.4, 0.5) is 5.82 Å². The number of sulfonamides is 1. The van der Waals surface area contributed by atoms with Crippen LogP contribution in [-0.2, 0) is 10.0 Å². The van der Waals surface area contributed by atoms with Gasteiger partial charge in [0.05, 0.1) is 23.4 Å². The number of aliphatic hydroxyl groups excluding tert-OH is 1. The number of aliphatic hydroxyl groups is 1. The third-order valence-electron chi connectivity index (χ3n) is 2.53. The molecule has 2 rings (SSSR count). The van der Waals surface area contributed by atoms with E-state index < -0.39 is 16.1 Å². The fraction of sp³-hybridized carbons (Fsp3) is 0.167. The first-order valence-corrected chi connectivity index (χ1v) is 7.94. The van der Waals surface area contributed by atoms with E-state index in [0.717, 1.165) is 0 Å². The van der Waals surface area contributed by atoms with Crippen LogP contribution in [0.2, 0.25) is 0 Å². The Morgan fingerprint density at radius 2 is 1.85 bits per heavy atom. The van der Waals surface area contributed by atoms with Crippen LogP contribution in [0.5, 0.6) is 0 Å². The SMILES string of the molecule is CC(O)c1ccc(S(=O)(=O)Nc2cnc(Br)cn2)cc1. The fourth-order valence-electron chi connectivity index (χ4n) is 1.49. The van der Waals surface area contributed by atoms with Crippen molar-refractivity contribution in [3.8, 4) is 0 Å². The Labute approximate surface area is 125 Å². The van der Waals surface area contributed by atoms with E-state index in [9.17, 15) is 13.5 Å². The normalized spacial score (nSPS) is 12.9. The lowest BCUT2D eigenvalue weighted by Crippen LogP contribution is -2.14. The van der Waals surface area contributed by atoms with E-state index >= 15 is 0 Å². The van der Waals surface area contributed by atoms with E-state index in [1.54, 1.807) is 19.1 Å². The monoisotopic (exact) mass is 357 g/mol. The minimum Gasteiger partial charge on any atom is -0.389 e. The molecule has 0 aliphatic heterocycles. The number of rotatable bonds is 4. The summed E-state index contributed by atoms with van der Waals surface area (Å²) in [4.78, 5) is 7.87. The lowest BCUT2D eigenvalue weighted by atomic mass is 10.1. The van der Waals surface area contributed by atoms with Crippen LogP contribution >= 0.6 is 15.9 Å². The summed E-state index contributed by atoms with van der Waals surface area (Å²) in [6.07, 6.45) is 2.07.